The minimum atomic E-state index is -0.366. The Morgan fingerprint density at radius 3 is 2.78 bits per heavy atom. The first-order chi connectivity index (χ1) is 15.6. The summed E-state index contributed by atoms with van der Waals surface area (Å²) in [6.07, 6.45) is 1.41. The molecule has 0 fully saturated rings. The zero-order valence-electron chi connectivity index (χ0n) is 16.8. The average molecular weight is 450 g/mol. The van der Waals surface area contributed by atoms with Gasteiger partial charge in [-0.2, -0.15) is 9.67 Å². The third-order valence-corrected chi connectivity index (χ3v) is 4.91. The lowest BCUT2D eigenvalue weighted by Gasteiger charge is -2.05. The monoisotopic (exact) mass is 449 g/mol. The number of fused-ring (bicyclic) bond motifs is 1. The van der Waals surface area contributed by atoms with E-state index >= 15 is 0 Å². The van der Waals surface area contributed by atoms with Crippen molar-refractivity contribution >= 4 is 22.8 Å². The molecular formula is C21H16ClN7O3. The second-order valence-corrected chi connectivity index (χ2v) is 7.24. The molecular weight excluding hydrogens is 434 g/mol. The van der Waals surface area contributed by atoms with Gasteiger partial charge in [-0.25, -0.2) is 4.98 Å². The molecule has 0 aliphatic rings. The fourth-order valence-electron chi connectivity index (χ4n) is 3.19. The molecule has 160 valence electrons. The van der Waals surface area contributed by atoms with Crippen LogP contribution in [0.25, 0.3) is 28.2 Å². The summed E-state index contributed by atoms with van der Waals surface area (Å²) >= 11 is 6.01. The highest BCUT2D eigenvalue weighted by Crippen LogP contribution is 2.20. The Morgan fingerprint density at radius 2 is 2.00 bits per heavy atom. The Morgan fingerprint density at radius 1 is 1.16 bits per heavy atom. The van der Waals surface area contributed by atoms with Crippen molar-refractivity contribution in [3.05, 3.63) is 76.1 Å². The number of ether oxygens (including phenoxy) is 1. The van der Waals surface area contributed by atoms with Crippen LogP contribution < -0.4 is 10.3 Å². The third kappa shape index (κ3) is 3.71. The second kappa shape index (κ2) is 8.23. The van der Waals surface area contributed by atoms with Gasteiger partial charge in [-0.1, -0.05) is 34.1 Å². The van der Waals surface area contributed by atoms with Crippen molar-refractivity contribution in [2.24, 2.45) is 0 Å². The van der Waals surface area contributed by atoms with Crippen LogP contribution in [0, 0.1) is 0 Å². The molecule has 5 rings (SSSR count). The van der Waals surface area contributed by atoms with Crippen LogP contribution in [0.2, 0.25) is 5.02 Å². The number of aromatic nitrogens is 7. The van der Waals surface area contributed by atoms with Crippen molar-refractivity contribution in [1.29, 1.82) is 0 Å². The molecule has 0 atom stereocenters. The van der Waals surface area contributed by atoms with Gasteiger partial charge in [0.2, 0.25) is 11.7 Å². The summed E-state index contributed by atoms with van der Waals surface area (Å²) in [5.41, 5.74) is 1.54. The van der Waals surface area contributed by atoms with Crippen LogP contribution in [0.1, 0.15) is 12.8 Å². The van der Waals surface area contributed by atoms with E-state index < -0.39 is 0 Å². The van der Waals surface area contributed by atoms with Crippen molar-refractivity contribution < 1.29 is 9.26 Å². The molecule has 0 saturated heterocycles. The molecule has 0 bridgehead atoms. The Balaban J connectivity index is 1.43. The fourth-order valence-corrected chi connectivity index (χ4v) is 3.38. The van der Waals surface area contributed by atoms with Crippen LogP contribution in [0.3, 0.4) is 0 Å². The quantitative estimate of drug-likeness (QED) is 0.388. The molecule has 0 N–H and O–H groups in total. The molecule has 0 aliphatic heterocycles. The van der Waals surface area contributed by atoms with E-state index in [0.717, 1.165) is 5.75 Å². The largest absolute Gasteiger partial charge is 0.494 e. The molecule has 0 unspecified atom stereocenters. The number of nitrogens with zero attached hydrogens (tertiary/aromatic N) is 7. The molecule has 3 heterocycles. The smallest absolute Gasteiger partial charge is 0.284 e. The average Bonchev–Trinajstić information content (AvgIpc) is 3.44. The topological polar surface area (TPSA) is 114 Å². The van der Waals surface area contributed by atoms with Gasteiger partial charge in [-0.15, -0.1) is 5.10 Å². The van der Waals surface area contributed by atoms with Gasteiger partial charge in [-0.3, -0.25) is 9.36 Å². The first kappa shape index (κ1) is 19.9. The number of halogens is 1. The highest BCUT2D eigenvalue weighted by molar-refractivity contribution is 6.30. The predicted octanol–water partition coefficient (Wildman–Crippen LogP) is 3.13. The summed E-state index contributed by atoms with van der Waals surface area (Å²) < 4.78 is 13.6. The second-order valence-electron chi connectivity index (χ2n) is 6.80. The van der Waals surface area contributed by atoms with Crippen molar-refractivity contribution in [3.8, 4) is 22.8 Å². The summed E-state index contributed by atoms with van der Waals surface area (Å²) in [7, 11) is 0. The molecule has 11 heteroatoms. The number of rotatable bonds is 6. The molecule has 0 aliphatic carbocycles. The van der Waals surface area contributed by atoms with Crippen LogP contribution in [-0.4, -0.2) is 41.3 Å². The maximum absolute atomic E-state index is 12.9. The Kier molecular flexibility index (Phi) is 5.12. The highest BCUT2D eigenvalue weighted by Gasteiger charge is 2.16. The number of hydrogen-bond donors (Lipinski definition) is 0. The first-order valence-corrected chi connectivity index (χ1v) is 10.1. The normalized spacial score (nSPS) is 11.2. The van der Waals surface area contributed by atoms with Crippen LogP contribution in [0.4, 0.5) is 0 Å². The van der Waals surface area contributed by atoms with E-state index in [1.165, 1.54) is 15.6 Å². The number of hydrogen-bond acceptors (Lipinski definition) is 8. The van der Waals surface area contributed by atoms with Crippen molar-refractivity contribution in [2.45, 2.75) is 13.5 Å². The Bertz CT molecular complexity index is 1460. The fraction of sp³-hybridized carbons (Fsp3) is 0.143. The van der Waals surface area contributed by atoms with Crippen molar-refractivity contribution in [2.75, 3.05) is 6.61 Å². The molecule has 10 nitrogen and oxygen atoms in total. The Labute approximate surface area is 186 Å². The van der Waals surface area contributed by atoms with E-state index in [1.54, 1.807) is 18.2 Å². The maximum Gasteiger partial charge on any atom is 0.284 e. The zero-order chi connectivity index (χ0) is 22.1. The standard InChI is InChI=1S/C21H16ClN7O3/c1-2-31-16-8-6-15(7-9-16)29-20-18(25-27-29)21(30)28(12-23-20)11-17-24-19(26-32-17)13-4-3-5-14(22)10-13/h3-10,12H,2,11H2,1H3. The van der Waals surface area contributed by atoms with Crippen LogP contribution in [0.5, 0.6) is 5.75 Å². The van der Waals surface area contributed by atoms with Crippen LogP contribution in [0.15, 0.2) is 64.2 Å². The third-order valence-electron chi connectivity index (χ3n) is 4.68. The summed E-state index contributed by atoms with van der Waals surface area (Å²) in [5.74, 6) is 1.38. The minimum Gasteiger partial charge on any atom is -0.494 e. The van der Waals surface area contributed by atoms with Gasteiger partial charge in [0.05, 0.1) is 12.3 Å². The minimum absolute atomic E-state index is 0.0469. The van der Waals surface area contributed by atoms with E-state index in [9.17, 15) is 4.79 Å². The van der Waals surface area contributed by atoms with E-state index in [0.29, 0.717) is 34.4 Å². The van der Waals surface area contributed by atoms with Crippen molar-refractivity contribution in [3.63, 3.8) is 0 Å². The van der Waals surface area contributed by atoms with Crippen LogP contribution in [-0.2, 0) is 6.54 Å². The molecule has 32 heavy (non-hydrogen) atoms. The highest BCUT2D eigenvalue weighted by atomic mass is 35.5. The number of benzene rings is 2. The zero-order valence-corrected chi connectivity index (χ0v) is 17.6. The molecule has 2 aromatic carbocycles. The molecule has 0 radical (unpaired) electrons. The van der Waals surface area contributed by atoms with Gasteiger partial charge in [0.1, 0.15) is 18.6 Å². The maximum atomic E-state index is 12.9. The van der Waals surface area contributed by atoms with Gasteiger partial charge in [-0.05, 0) is 43.3 Å². The van der Waals surface area contributed by atoms with Gasteiger partial charge in [0, 0.05) is 10.6 Å². The van der Waals surface area contributed by atoms with E-state index in [2.05, 4.69) is 25.4 Å². The SMILES string of the molecule is CCOc1ccc(-n2nnc3c(=O)n(Cc4nc(-c5cccc(Cl)c5)no4)cnc32)cc1. The van der Waals surface area contributed by atoms with E-state index in [4.69, 9.17) is 20.9 Å². The van der Waals surface area contributed by atoms with E-state index in [1.807, 2.05) is 37.3 Å². The van der Waals surface area contributed by atoms with Gasteiger partial charge in [0.15, 0.2) is 11.2 Å². The molecule has 0 saturated carbocycles. The summed E-state index contributed by atoms with van der Waals surface area (Å²) in [5, 5.41) is 12.6. The summed E-state index contributed by atoms with van der Waals surface area (Å²) in [4.78, 5) is 21.6. The van der Waals surface area contributed by atoms with E-state index in [-0.39, 0.29) is 23.5 Å². The molecule has 5 aromatic rings. The van der Waals surface area contributed by atoms with Crippen LogP contribution >= 0.6 is 11.6 Å². The van der Waals surface area contributed by atoms with Crippen molar-refractivity contribution in [1.82, 2.24) is 34.7 Å². The van der Waals surface area contributed by atoms with Gasteiger partial charge >= 0.3 is 0 Å². The first-order valence-electron chi connectivity index (χ1n) is 9.75. The summed E-state index contributed by atoms with van der Waals surface area (Å²) in [6.45, 7) is 2.54. The van der Waals surface area contributed by atoms with Gasteiger partial charge < -0.3 is 9.26 Å². The molecule has 0 amide bonds. The lowest BCUT2D eigenvalue weighted by molar-refractivity contribution is 0.340. The predicted molar refractivity (Wildman–Crippen MR) is 116 cm³/mol. The molecule has 0 spiro atoms. The molecule has 3 aromatic heterocycles. The van der Waals surface area contributed by atoms with Gasteiger partial charge in [0.25, 0.3) is 5.56 Å². The lowest BCUT2D eigenvalue weighted by Crippen LogP contribution is -2.21. The summed E-state index contributed by atoms with van der Waals surface area (Å²) in [6, 6.07) is 14.4. The Hall–Kier alpha value is -4.05. The lowest BCUT2D eigenvalue weighted by atomic mass is 10.2.